The van der Waals surface area contributed by atoms with E-state index in [1.807, 2.05) is 38.1 Å². The molecule has 1 N–H and O–H groups in total. The number of morpholine rings is 1. The van der Waals surface area contributed by atoms with Gasteiger partial charge >= 0.3 is 0 Å². The van der Waals surface area contributed by atoms with Crippen LogP contribution in [0.15, 0.2) is 24.3 Å². The van der Waals surface area contributed by atoms with Crippen molar-refractivity contribution in [1.29, 1.82) is 0 Å². The standard InChI is InChI=1S/C18H28N2O3/c1-18(2,15-7-4-5-8-16(15)22-3)17(21)19-9-6-10-20-11-13-23-14-12-20/h4-5,7-8H,6,9-14H2,1-3H3,(H,19,21). The van der Waals surface area contributed by atoms with Gasteiger partial charge in [-0.15, -0.1) is 0 Å². The van der Waals surface area contributed by atoms with E-state index in [4.69, 9.17) is 9.47 Å². The third-order valence-corrected chi connectivity index (χ3v) is 4.39. The van der Waals surface area contributed by atoms with Crippen molar-refractivity contribution in [1.82, 2.24) is 10.2 Å². The van der Waals surface area contributed by atoms with Crippen LogP contribution in [0.3, 0.4) is 0 Å². The van der Waals surface area contributed by atoms with Crippen molar-refractivity contribution in [3.8, 4) is 5.75 Å². The fourth-order valence-electron chi connectivity index (χ4n) is 2.83. The summed E-state index contributed by atoms with van der Waals surface area (Å²) in [5.41, 5.74) is 0.291. The summed E-state index contributed by atoms with van der Waals surface area (Å²) in [5, 5.41) is 3.06. The number of hydrogen-bond donors (Lipinski definition) is 1. The Labute approximate surface area is 139 Å². The third kappa shape index (κ3) is 4.69. The molecule has 1 aromatic carbocycles. The molecule has 0 aromatic heterocycles. The van der Waals surface area contributed by atoms with Gasteiger partial charge in [-0.2, -0.15) is 0 Å². The Morgan fingerprint density at radius 1 is 1.30 bits per heavy atom. The molecule has 5 heteroatoms. The lowest BCUT2D eigenvalue weighted by atomic mass is 9.83. The van der Waals surface area contributed by atoms with Crippen LogP contribution in [0.25, 0.3) is 0 Å². The molecule has 0 saturated carbocycles. The molecule has 128 valence electrons. The fraction of sp³-hybridized carbons (Fsp3) is 0.611. The lowest BCUT2D eigenvalue weighted by molar-refractivity contribution is -0.125. The number of carbonyl (C=O) groups excluding carboxylic acids is 1. The molecule has 0 unspecified atom stereocenters. The fourth-order valence-corrected chi connectivity index (χ4v) is 2.83. The zero-order valence-corrected chi connectivity index (χ0v) is 14.4. The smallest absolute Gasteiger partial charge is 0.230 e. The molecule has 0 atom stereocenters. The molecule has 1 aromatic rings. The van der Waals surface area contributed by atoms with Gasteiger partial charge in [-0.05, 0) is 32.9 Å². The molecular formula is C18H28N2O3. The number of hydrogen-bond acceptors (Lipinski definition) is 4. The number of methoxy groups -OCH3 is 1. The Balaban J connectivity index is 1.83. The van der Waals surface area contributed by atoms with Crippen LogP contribution in [0.1, 0.15) is 25.8 Å². The van der Waals surface area contributed by atoms with Crippen molar-refractivity contribution in [2.75, 3.05) is 46.5 Å². The van der Waals surface area contributed by atoms with Crippen molar-refractivity contribution in [3.05, 3.63) is 29.8 Å². The van der Waals surface area contributed by atoms with E-state index in [1.165, 1.54) is 0 Å². The lowest BCUT2D eigenvalue weighted by Crippen LogP contribution is -2.42. The summed E-state index contributed by atoms with van der Waals surface area (Å²) >= 11 is 0. The quantitative estimate of drug-likeness (QED) is 0.779. The van der Waals surface area contributed by atoms with Crippen LogP contribution in [0.2, 0.25) is 0 Å². The van der Waals surface area contributed by atoms with Gasteiger partial charge in [0.2, 0.25) is 5.91 Å². The zero-order valence-electron chi connectivity index (χ0n) is 14.4. The third-order valence-electron chi connectivity index (χ3n) is 4.39. The van der Waals surface area contributed by atoms with Crippen molar-refractivity contribution < 1.29 is 14.3 Å². The predicted molar refractivity (Wildman–Crippen MR) is 90.9 cm³/mol. The molecule has 0 spiro atoms. The minimum absolute atomic E-state index is 0.0315. The van der Waals surface area contributed by atoms with Gasteiger partial charge in [0.25, 0.3) is 0 Å². The SMILES string of the molecule is COc1ccccc1C(C)(C)C(=O)NCCCN1CCOCC1. The van der Waals surface area contributed by atoms with Gasteiger partial charge in [0.05, 0.1) is 25.7 Å². The van der Waals surface area contributed by atoms with Gasteiger partial charge < -0.3 is 14.8 Å². The Kier molecular flexibility index (Phi) is 6.42. The van der Waals surface area contributed by atoms with Crippen molar-refractivity contribution in [3.63, 3.8) is 0 Å². The lowest BCUT2D eigenvalue weighted by Gasteiger charge is -2.28. The van der Waals surface area contributed by atoms with Crippen LogP contribution in [0.5, 0.6) is 5.75 Å². The molecule has 1 amide bonds. The van der Waals surface area contributed by atoms with Crippen molar-refractivity contribution >= 4 is 5.91 Å². The molecule has 1 aliphatic heterocycles. The monoisotopic (exact) mass is 320 g/mol. The number of carbonyl (C=O) groups is 1. The molecular weight excluding hydrogens is 292 g/mol. The maximum atomic E-state index is 12.6. The van der Waals surface area contributed by atoms with E-state index in [0.717, 1.165) is 50.6 Å². The Morgan fingerprint density at radius 3 is 2.70 bits per heavy atom. The van der Waals surface area contributed by atoms with Gasteiger partial charge in [0.1, 0.15) is 5.75 Å². The second kappa shape index (κ2) is 8.31. The highest BCUT2D eigenvalue weighted by molar-refractivity contribution is 5.88. The topological polar surface area (TPSA) is 50.8 Å². The first-order chi connectivity index (χ1) is 11.1. The van der Waals surface area contributed by atoms with Crippen LogP contribution < -0.4 is 10.1 Å². The van der Waals surface area contributed by atoms with E-state index in [9.17, 15) is 4.79 Å². The predicted octanol–water partition coefficient (Wildman–Crippen LogP) is 1.81. The second-order valence-electron chi connectivity index (χ2n) is 6.39. The Morgan fingerprint density at radius 2 is 2.00 bits per heavy atom. The summed E-state index contributed by atoms with van der Waals surface area (Å²) in [4.78, 5) is 15.0. The normalized spacial score (nSPS) is 16.1. The van der Waals surface area contributed by atoms with E-state index in [1.54, 1.807) is 7.11 Å². The Bertz CT molecular complexity index is 511. The van der Waals surface area contributed by atoms with Gasteiger partial charge in [-0.25, -0.2) is 0 Å². The molecule has 0 bridgehead atoms. The van der Waals surface area contributed by atoms with E-state index < -0.39 is 5.41 Å². The molecule has 1 fully saturated rings. The van der Waals surface area contributed by atoms with Crippen molar-refractivity contribution in [2.24, 2.45) is 0 Å². The molecule has 2 rings (SSSR count). The first-order valence-corrected chi connectivity index (χ1v) is 8.27. The second-order valence-corrected chi connectivity index (χ2v) is 6.39. The summed E-state index contributed by atoms with van der Waals surface area (Å²) < 4.78 is 10.7. The van der Waals surface area contributed by atoms with Crippen LogP contribution in [-0.2, 0) is 14.9 Å². The number of para-hydroxylation sites is 1. The first-order valence-electron chi connectivity index (χ1n) is 8.27. The number of ether oxygens (including phenoxy) is 2. The molecule has 1 saturated heterocycles. The van der Waals surface area contributed by atoms with E-state index in [-0.39, 0.29) is 5.91 Å². The highest BCUT2D eigenvalue weighted by atomic mass is 16.5. The molecule has 23 heavy (non-hydrogen) atoms. The molecule has 5 nitrogen and oxygen atoms in total. The van der Waals surface area contributed by atoms with Crippen LogP contribution in [-0.4, -0.2) is 57.3 Å². The number of nitrogens with one attached hydrogen (secondary N) is 1. The summed E-state index contributed by atoms with van der Waals surface area (Å²) in [7, 11) is 1.63. The van der Waals surface area contributed by atoms with E-state index in [2.05, 4.69) is 10.2 Å². The average Bonchev–Trinajstić information content (AvgIpc) is 2.59. The molecule has 1 heterocycles. The number of benzene rings is 1. The molecule has 1 aliphatic rings. The van der Waals surface area contributed by atoms with Crippen LogP contribution in [0, 0.1) is 0 Å². The van der Waals surface area contributed by atoms with Gasteiger partial charge in [-0.3, -0.25) is 9.69 Å². The minimum atomic E-state index is -0.619. The summed E-state index contributed by atoms with van der Waals surface area (Å²) in [6.07, 6.45) is 0.952. The Hall–Kier alpha value is -1.59. The highest BCUT2D eigenvalue weighted by Gasteiger charge is 2.32. The molecule has 0 aliphatic carbocycles. The van der Waals surface area contributed by atoms with E-state index in [0.29, 0.717) is 6.54 Å². The van der Waals surface area contributed by atoms with E-state index >= 15 is 0 Å². The molecule has 0 radical (unpaired) electrons. The summed E-state index contributed by atoms with van der Waals surface area (Å²) in [5.74, 6) is 0.782. The van der Waals surface area contributed by atoms with Gasteiger partial charge in [0.15, 0.2) is 0 Å². The minimum Gasteiger partial charge on any atom is -0.496 e. The number of amides is 1. The van der Waals surface area contributed by atoms with Gasteiger partial charge in [-0.1, -0.05) is 18.2 Å². The summed E-state index contributed by atoms with van der Waals surface area (Å²) in [6, 6.07) is 7.69. The van der Waals surface area contributed by atoms with Crippen LogP contribution >= 0.6 is 0 Å². The maximum absolute atomic E-state index is 12.6. The summed E-state index contributed by atoms with van der Waals surface area (Å²) in [6.45, 7) is 9.15. The average molecular weight is 320 g/mol. The zero-order chi connectivity index (χ0) is 16.7. The van der Waals surface area contributed by atoms with Crippen LogP contribution in [0.4, 0.5) is 0 Å². The van der Waals surface area contributed by atoms with Gasteiger partial charge in [0, 0.05) is 25.2 Å². The highest BCUT2D eigenvalue weighted by Crippen LogP contribution is 2.31. The van der Waals surface area contributed by atoms with Crippen molar-refractivity contribution in [2.45, 2.75) is 25.7 Å². The first kappa shape index (κ1) is 17.8. The number of rotatable bonds is 7. The maximum Gasteiger partial charge on any atom is 0.230 e. The largest absolute Gasteiger partial charge is 0.496 e. The number of nitrogens with zero attached hydrogens (tertiary/aromatic N) is 1.